The number of benzene rings is 3. The summed E-state index contributed by atoms with van der Waals surface area (Å²) in [5, 5.41) is 2.80. The summed E-state index contributed by atoms with van der Waals surface area (Å²) in [7, 11) is -4.16. The van der Waals surface area contributed by atoms with Crippen LogP contribution in [0.4, 0.5) is 10.1 Å². The Morgan fingerprint density at radius 1 is 0.947 bits per heavy atom. The van der Waals surface area contributed by atoms with Crippen molar-refractivity contribution in [2.75, 3.05) is 17.4 Å². The van der Waals surface area contributed by atoms with Gasteiger partial charge in [-0.15, -0.1) is 0 Å². The molecule has 2 amide bonds. The molecule has 0 radical (unpaired) electrons. The number of halogens is 2. The van der Waals surface area contributed by atoms with Gasteiger partial charge < -0.3 is 10.2 Å². The lowest BCUT2D eigenvalue weighted by Gasteiger charge is -2.32. The highest BCUT2D eigenvalue weighted by Gasteiger charge is 2.32. The van der Waals surface area contributed by atoms with Crippen LogP contribution in [0.5, 0.6) is 0 Å². The molecule has 10 heteroatoms. The second-order valence-corrected chi connectivity index (χ2v) is 12.0. The fourth-order valence-corrected chi connectivity index (χ4v) is 5.54. The Hall–Kier alpha value is -3.24. The molecule has 0 aliphatic heterocycles. The van der Waals surface area contributed by atoms with Crippen LogP contribution in [0, 0.1) is 11.7 Å². The third-order valence-corrected chi connectivity index (χ3v) is 8.14. The van der Waals surface area contributed by atoms with E-state index in [0.29, 0.717) is 11.0 Å². The second-order valence-electron chi connectivity index (χ2n) is 9.23. The SMILES string of the molecule is CC(C)CNC(=O)[C@@H](C)N(Cc1ccccc1F)C(=O)CN(c1cccc(Br)c1)S(=O)(=O)c1ccccc1. The van der Waals surface area contributed by atoms with Crippen molar-refractivity contribution >= 4 is 43.5 Å². The monoisotopic (exact) mass is 603 g/mol. The summed E-state index contributed by atoms with van der Waals surface area (Å²) < 4.78 is 43.6. The van der Waals surface area contributed by atoms with E-state index in [0.717, 1.165) is 4.31 Å². The van der Waals surface area contributed by atoms with Crippen molar-refractivity contribution in [2.24, 2.45) is 5.92 Å². The molecule has 3 aromatic rings. The zero-order chi connectivity index (χ0) is 27.9. The van der Waals surface area contributed by atoms with Crippen molar-refractivity contribution in [3.05, 3.63) is 94.7 Å². The topological polar surface area (TPSA) is 86.8 Å². The van der Waals surface area contributed by atoms with Crippen LogP contribution >= 0.6 is 15.9 Å². The molecule has 1 atom stereocenters. The highest BCUT2D eigenvalue weighted by atomic mass is 79.9. The van der Waals surface area contributed by atoms with Gasteiger partial charge in [0.25, 0.3) is 10.0 Å². The van der Waals surface area contributed by atoms with Crippen LogP contribution in [-0.2, 0) is 26.2 Å². The lowest BCUT2D eigenvalue weighted by molar-refractivity contribution is -0.139. The maximum atomic E-state index is 14.6. The molecule has 0 aliphatic rings. The fourth-order valence-electron chi connectivity index (χ4n) is 3.72. The summed E-state index contributed by atoms with van der Waals surface area (Å²) in [4.78, 5) is 28.0. The molecule has 202 valence electrons. The average molecular weight is 605 g/mol. The minimum absolute atomic E-state index is 0.0103. The van der Waals surface area contributed by atoms with Crippen LogP contribution in [0.2, 0.25) is 0 Å². The van der Waals surface area contributed by atoms with Crippen molar-refractivity contribution in [1.29, 1.82) is 0 Å². The first-order valence-electron chi connectivity index (χ1n) is 12.1. The summed E-state index contributed by atoms with van der Waals surface area (Å²) in [6, 6.07) is 19.4. The zero-order valence-corrected chi connectivity index (χ0v) is 23.9. The quantitative estimate of drug-likeness (QED) is 0.335. The number of carbonyl (C=O) groups is 2. The van der Waals surface area contributed by atoms with Crippen LogP contribution in [-0.4, -0.2) is 44.3 Å². The highest BCUT2D eigenvalue weighted by molar-refractivity contribution is 9.10. The number of hydrogen-bond acceptors (Lipinski definition) is 4. The number of hydrogen-bond donors (Lipinski definition) is 1. The molecule has 0 heterocycles. The summed E-state index contributed by atoms with van der Waals surface area (Å²) >= 11 is 3.36. The normalized spacial score (nSPS) is 12.2. The standard InChI is InChI=1S/C28H31BrFN3O4S/c1-20(2)17-31-28(35)21(3)32(18-22-10-7-8-15-26(22)30)27(34)19-33(24-12-9-11-23(29)16-24)38(36,37)25-13-5-4-6-14-25/h4-16,20-21H,17-19H2,1-3H3,(H,31,35)/t21-/m1/s1. The molecule has 3 rings (SSSR count). The lowest BCUT2D eigenvalue weighted by atomic mass is 10.1. The molecule has 0 saturated heterocycles. The van der Waals surface area contributed by atoms with E-state index in [1.807, 2.05) is 13.8 Å². The van der Waals surface area contributed by atoms with Gasteiger partial charge in [-0.05, 0) is 49.2 Å². The minimum atomic E-state index is -4.16. The molecule has 1 N–H and O–H groups in total. The van der Waals surface area contributed by atoms with Crippen molar-refractivity contribution in [3.8, 4) is 0 Å². The molecule has 0 spiro atoms. The number of rotatable bonds is 11. The molecule has 3 aromatic carbocycles. The number of nitrogens with zero attached hydrogens (tertiary/aromatic N) is 2. The van der Waals surface area contributed by atoms with Gasteiger partial charge in [0, 0.05) is 23.1 Å². The first-order chi connectivity index (χ1) is 18.0. The highest BCUT2D eigenvalue weighted by Crippen LogP contribution is 2.27. The van der Waals surface area contributed by atoms with E-state index in [2.05, 4.69) is 21.2 Å². The van der Waals surface area contributed by atoms with Gasteiger partial charge in [0.15, 0.2) is 0 Å². The van der Waals surface area contributed by atoms with Crippen molar-refractivity contribution in [2.45, 2.75) is 38.3 Å². The number of amides is 2. The van der Waals surface area contributed by atoms with Gasteiger partial charge in [-0.1, -0.05) is 72.2 Å². The van der Waals surface area contributed by atoms with Gasteiger partial charge in [0.1, 0.15) is 18.4 Å². The van der Waals surface area contributed by atoms with Crippen LogP contribution < -0.4 is 9.62 Å². The van der Waals surface area contributed by atoms with E-state index >= 15 is 0 Å². The predicted molar refractivity (Wildman–Crippen MR) is 149 cm³/mol. The Kier molecular flexibility index (Phi) is 10.0. The predicted octanol–water partition coefficient (Wildman–Crippen LogP) is 4.97. The number of nitrogens with one attached hydrogen (secondary N) is 1. The number of sulfonamides is 1. The van der Waals surface area contributed by atoms with E-state index in [1.165, 1.54) is 35.2 Å². The van der Waals surface area contributed by atoms with E-state index in [9.17, 15) is 22.4 Å². The van der Waals surface area contributed by atoms with Gasteiger partial charge in [-0.25, -0.2) is 12.8 Å². The fraction of sp³-hybridized carbons (Fsp3) is 0.286. The summed E-state index contributed by atoms with van der Waals surface area (Å²) in [6.07, 6.45) is 0. The third-order valence-electron chi connectivity index (χ3n) is 5.86. The Labute approximate surface area is 231 Å². The van der Waals surface area contributed by atoms with Gasteiger partial charge in [0.05, 0.1) is 10.6 Å². The first kappa shape index (κ1) is 29.3. The summed E-state index contributed by atoms with van der Waals surface area (Å²) in [5.41, 5.74) is 0.476. The van der Waals surface area contributed by atoms with E-state index < -0.39 is 40.2 Å². The second kappa shape index (κ2) is 13.0. The Bertz CT molecular complexity index is 1370. The average Bonchev–Trinajstić information content (AvgIpc) is 2.89. The Morgan fingerprint density at radius 3 is 2.24 bits per heavy atom. The molecule has 0 fully saturated rings. The minimum Gasteiger partial charge on any atom is -0.354 e. The summed E-state index contributed by atoms with van der Waals surface area (Å²) in [6.45, 7) is 5.03. The van der Waals surface area contributed by atoms with E-state index in [4.69, 9.17) is 0 Å². The third kappa shape index (κ3) is 7.41. The molecule has 0 saturated carbocycles. The molecule has 0 aliphatic carbocycles. The van der Waals surface area contributed by atoms with Crippen LogP contribution in [0.25, 0.3) is 0 Å². The van der Waals surface area contributed by atoms with Crippen LogP contribution in [0.15, 0.2) is 88.2 Å². The lowest BCUT2D eigenvalue weighted by Crippen LogP contribution is -2.51. The largest absolute Gasteiger partial charge is 0.354 e. The van der Waals surface area contributed by atoms with E-state index in [-0.39, 0.29) is 28.6 Å². The number of carbonyl (C=O) groups excluding carboxylic acids is 2. The Morgan fingerprint density at radius 2 is 1.61 bits per heavy atom. The number of anilines is 1. The van der Waals surface area contributed by atoms with Crippen molar-refractivity contribution < 1.29 is 22.4 Å². The zero-order valence-electron chi connectivity index (χ0n) is 21.5. The molecular formula is C28H31BrFN3O4S. The summed E-state index contributed by atoms with van der Waals surface area (Å²) in [5.74, 6) is -1.41. The maximum absolute atomic E-state index is 14.6. The molecule has 0 aromatic heterocycles. The van der Waals surface area contributed by atoms with Crippen LogP contribution in [0.3, 0.4) is 0 Å². The molecule has 0 bridgehead atoms. The first-order valence-corrected chi connectivity index (χ1v) is 14.4. The smallest absolute Gasteiger partial charge is 0.264 e. The van der Waals surface area contributed by atoms with Crippen molar-refractivity contribution in [3.63, 3.8) is 0 Å². The van der Waals surface area contributed by atoms with Gasteiger partial charge >= 0.3 is 0 Å². The van der Waals surface area contributed by atoms with Crippen LogP contribution in [0.1, 0.15) is 26.3 Å². The molecule has 7 nitrogen and oxygen atoms in total. The van der Waals surface area contributed by atoms with Crippen molar-refractivity contribution in [1.82, 2.24) is 10.2 Å². The molecule has 0 unspecified atom stereocenters. The van der Waals surface area contributed by atoms with Gasteiger partial charge in [0.2, 0.25) is 11.8 Å². The maximum Gasteiger partial charge on any atom is 0.264 e. The Balaban J connectivity index is 2.01. The molecular weight excluding hydrogens is 573 g/mol. The van der Waals surface area contributed by atoms with Gasteiger partial charge in [-0.3, -0.25) is 13.9 Å². The van der Waals surface area contributed by atoms with Gasteiger partial charge in [-0.2, -0.15) is 0 Å². The van der Waals surface area contributed by atoms with E-state index in [1.54, 1.807) is 55.5 Å². The molecule has 38 heavy (non-hydrogen) atoms.